The first kappa shape index (κ1) is 13.8. The van der Waals surface area contributed by atoms with E-state index in [9.17, 15) is 4.79 Å². The lowest BCUT2D eigenvalue weighted by atomic mass is 9.46. The van der Waals surface area contributed by atoms with Crippen LogP contribution < -0.4 is 0 Å². The van der Waals surface area contributed by atoms with Gasteiger partial charge in [-0.2, -0.15) is 0 Å². The van der Waals surface area contributed by atoms with Crippen molar-refractivity contribution in [2.45, 2.75) is 52.4 Å². The van der Waals surface area contributed by atoms with E-state index >= 15 is 0 Å². The lowest BCUT2D eigenvalue weighted by Crippen LogP contribution is -2.51. The quantitative estimate of drug-likeness (QED) is 0.500. The molecule has 4 aliphatic rings. The third kappa shape index (κ3) is 1.85. The summed E-state index contributed by atoms with van der Waals surface area (Å²) in [6.45, 7) is 4.99. The molecule has 0 amide bonds. The lowest BCUT2D eigenvalue weighted by molar-refractivity contribution is -0.112. The van der Waals surface area contributed by atoms with Crippen molar-refractivity contribution in [1.82, 2.24) is 0 Å². The van der Waals surface area contributed by atoms with E-state index in [4.69, 9.17) is 0 Å². The molecule has 7 atom stereocenters. The molecule has 0 spiro atoms. The summed E-state index contributed by atoms with van der Waals surface area (Å²) < 4.78 is 0. The van der Waals surface area contributed by atoms with Gasteiger partial charge in [0.25, 0.3) is 0 Å². The van der Waals surface area contributed by atoms with E-state index in [-0.39, 0.29) is 5.92 Å². The maximum Gasteiger partial charge on any atom is 0.126 e. The molecule has 0 N–H and O–H groups in total. The molecule has 2 unspecified atom stereocenters. The molecule has 2 fully saturated rings. The number of carbonyl (C=O) groups is 1. The zero-order chi connectivity index (χ0) is 14.7. The Morgan fingerprint density at radius 1 is 1.10 bits per heavy atom. The summed E-state index contributed by atoms with van der Waals surface area (Å²) in [5.41, 5.74) is 0.834. The van der Waals surface area contributed by atoms with Gasteiger partial charge in [0, 0.05) is 5.92 Å². The number of hydrogen-bond acceptors (Lipinski definition) is 1. The standard InChI is InChI=1S/C20H28O/c1-19-9-3-4-17(19)16-6-5-15-12-14(13-21)7-11-20(15,2)18(16)8-10-19/h3,7,9,11,13-18H,4-6,8,10,12H2,1-2H3/t14?,15?,16-,17-,18-,19-,20-/m0/s1. The zero-order valence-electron chi connectivity index (χ0n) is 13.4. The Bertz CT molecular complexity index is 504. The summed E-state index contributed by atoms with van der Waals surface area (Å²) in [7, 11) is 0. The minimum Gasteiger partial charge on any atom is -0.303 e. The second-order valence-electron chi connectivity index (χ2n) is 8.59. The summed E-state index contributed by atoms with van der Waals surface area (Å²) in [4.78, 5) is 11.2. The maximum atomic E-state index is 11.2. The highest BCUT2D eigenvalue weighted by Gasteiger charge is 2.55. The Hall–Kier alpha value is -0.850. The Morgan fingerprint density at radius 2 is 1.95 bits per heavy atom. The lowest BCUT2D eigenvalue weighted by Gasteiger charge is -2.58. The predicted octanol–water partition coefficient (Wildman–Crippen LogP) is 4.79. The number of fused-ring (bicyclic) bond motifs is 5. The molecule has 0 saturated heterocycles. The van der Waals surface area contributed by atoms with E-state index in [1.807, 2.05) is 0 Å². The largest absolute Gasteiger partial charge is 0.303 e. The Labute approximate surface area is 128 Å². The predicted molar refractivity (Wildman–Crippen MR) is 85.7 cm³/mol. The molecule has 1 nitrogen and oxygen atoms in total. The summed E-state index contributed by atoms with van der Waals surface area (Å²) in [6.07, 6.45) is 18.6. The molecule has 4 rings (SSSR count). The first-order valence-electron chi connectivity index (χ1n) is 8.89. The third-order valence-corrected chi connectivity index (χ3v) is 7.72. The highest BCUT2D eigenvalue weighted by Crippen LogP contribution is 2.63. The Morgan fingerprint density at radius 3 is 2.76 bits per heavy atom. The second-order valence-corrected chi connectivity index (χ2v) is 8.59. The van der Waals surface area contributed by atoms with Crippen molar-refractivity contribution in [3.8, 4) is 0 Å². The van der Waals surface area contributed by atoms with Crippen molar-refractivity contribution >= 4 is 6.29 Å². The second kappa shape index (κ2) is 4.57. The number of allylic oxidation sites excluding steroid dienone is 4. The maximum absolute atomic E-state index is 11.2. The van der Waals surface area contributed by atoms with E-state index in [1.54, 1.807) is 0 Å². The summed E-state index contributed by atoms with van der Waals surface area (Å²) in [6, 6.07) is 0. The van der Waals surface area contributed by atoms with Crippen molar-refractivity contribution in [2.24, 2.45) is 40.4 Å². The molecule has 21 heavy (non-hydrogen) atoms. The first-order valence-corrected chi connectivity index (χ1v) is 8.89. The first-order chi connectivity index (χ1) is 10.1. The van der Waals surface area contributed by atoms with Gasteiger partial charge in [-0.1, -0.05) is 38.2 Å². The van der Waals surface area contributed by atoms with Crippen LogP contribution in [0.15, 0.2) is 24.3 Å². The summed E-state index contributed by atoms with van der Waals surface area (Å²) in [5, 5.41) is 0. The fourth-order valence-corrected chi connectivity index (χ4v) is 6.42. The van der Waals surface area contributed by atoms with Crippen LogP contribution in [0.4, 0.5) is 0 Å². The van der Waals surface area contributed by atoms with E-state index in [2.05, 4.69) is 38.2 Å². The monoisotopic (exact) mass is 284 g/mol. The van der Waals surface area contributed by atoms with Gasteiger partial charge in [0.05, 0.1) is 0 Å². The van der Waals surface area contributed by atoms with E-state index < -0.39 is 0 Å². The molecular formula is C20H28O. The molecule has 0 aromatic rings. The van der Waals surface area contributed by atoms with Gasteiger partial charge in [-0.15, -0.1) is 0 Å². The van der Waals surface area contributed by atoms with Crippen LogP contribution in [0.2, 0.25) is 0 Å². The average molecular weight is 284 g/mol. The van der Waals surface area contributed by atoms with Crippen LogP contribution in [0.5, 0.6) is 0 Å². The van der Waals surface area contributed by atoms with Crippen LogP contribution in [0.25, 0.3) is 0 Å². The molecule has 0 aromatic heterocycles. The van der Waals surface area contributed by atoms with Gasteiger partial charge in [0.15, 0.2) is 0 Å². The van der Waals surface area contributed by atoms with Crippen LogP contribution in [-0.4, -0.2) is 6.29 Å². The van der Waals surface area contributed by atoms with Crippen LogP contribution >= 0.6 is 0 Å². The normalized spacial score (nSPS) is 54.7. The number of carbonyl (C=O) groups excluding carboxylic acids is 1. The van der Waals surface area contributed by atoms with Gasteiger partial charge < -0.3 is 4.79 Å². The number of rotatable bonds is 1. The van der Waals surface area contributed by atoms with Gasteiger partial charge in [0.1, 0.15) is 6.29 Å². The number of hydrogen-bond donors (Lipinski definition) is 0. The van der Waals surface area contributed by atoms with Gasteiger partial charge >= 0.3 is 0 Å². The van der Waals surface area contributed by atoms with Gasteiger partial charge in [-0.3, -0.25) is 0 Å². The Kier molecular flexibility index (Phi) is 3.00. The van der Waals surface area contributed by atoms with Gasteiger partial charge in [-0.05, 0) is 73.0 Å². The molecular weight excluding hydrogens is 256 g/mol. The molecule has 2 saturated carbocycles. The minimum absolute atomic E-state index is 0.182. The van der Waals surface area contributed by atoms with Crippen LogP contribution in [0.1, 0.15) is 52.4 Å². The fraction of sp³-hybridized carbons (Fsp3) is 0.750. The van der Waals surface area contributed by atoms with E-state index in [1.165, 1.54) is 32.1 Å². The van der Waals surface area contributed by atoms with Crippen molar-refractivity contribution in [3.05, 3.63) is 24.3 Å². The van der Waals surface area contributed by atoms with E-state index in [0.717, 1.165) is 36.4 Å². The van der Waals surface area contributed by atoms with Crippen LogP contribution in [0.3, 0.4) is 0 Å². The van der Waals surface area contributed by atoms with E-state index in [0.29, 0.717) is 10.8 Å². The molecule has 114 valence electrons. The molecule has 0 aromatic carbocycles. The average Bonchev–Trinajstić information content (AvgIpc) is 2.88. The Balaban J connectivity index is 1.66. The molecule has 0 radical (unpaired) electrons. The molecule has 0 heterocycles. The van der Waals surface area contributed by atoms with Crippen molar-refractivity contribution in [3.63, 3.8) is 0 Å². The minimum atomic E-state index is 0.182. The SMILES string of the molecule is C[C@@]12C=CC[C@H]1[C@@H]1CCC3CC(C=O)C=C[C@]3(C)[C@H]1CC2. The fourth-order valence-electron chi connectivity index (χ4n) is 6.42. The summed E-state index contributed by atoms with van der Waals surface area (Å²) >= 11 is 0. The van der Waals surface area contributed by atoms with Crippen LogP contribution in [0, 0.1) is 40.4 Å². The van der Waals surface area contributed by atoms with Crippen LogP contribution in [-0.2, 0) is 4.79 Å². The van der Waals surface area contributed by atoms with Gasteiger partial charge in [0.2, 0.25) is 0 Å². The summed E-state index contributed by atoms with van der Waals surface area (Å²) in [5.74, 6) is 3.54. The highest BCUT2D eigenvalue weighted by molar-refractivity contribution is 5.57. The van der Waals surface area contributed by atoms with Crippen molar-refractivity contribution < 1.29 is 4.79 Å². The van der Waals surface area contributed by atoms with Gasteiger partial charge in [-0.25, -0.2) is 0 Å². The smallest absolute Gasteiger partial charge is 0.126 e. The van der Waals surface area contributed by atoms with Crippen molar-refractivity contribution in [2.75, 3.05) is 0 Å². The third-order valence-electron chi connectivity index (χ3n) is 7.72. The van der Waals surface area contributed by atoms with Crippen molar-refractivity contribution in [1.29, 1.82) is 0 Å². The molecule has 4 aliphatic carbocycles. The molecule has 0 bridgehead atoms. The molecule has 0 aliphatic heterocycles. The topological polar surface area (TPSA) is 17.1 Å². The number of aldehydes is 1. The highest BCUT2D eigenvalue weighted by atomic mass is 16.1. The molecule has 1 heteroatoms. The zero-order valence-corrected chi connectivity index (χ0v) is 13.4.